The van der Waals surface area contributed by atoms with Crippen LogP contribution < -0.4 is 5.32 Å². The smallest absolute Gasteiger partial charge is 0.0667 e. The number of hydrogen-bond acceptors (Lipinski definition) is 3. The Morgan fingerprint density at radius 3 is 2.83 bits per heavy atom. The van der Waals surface area contributed by atoms with Crippen molar-refractivity contribution in [1.29, 1.82) is 0 Å². The molecule has 0 bridgehead atoms. The molecule has 0 spiro atoms. The first-order valence-corrected chi connectivity index (χ1v) is 6.74. The lowest BCUT2D eigenvalue weighted by atomic mass is 9.90. The number of hydrogen-bond donors (Lipinski definition) is 2. The van der Waals surface area contributed by atoms with E-state index in [4.69, 9.17) is 0 Å². The zero-order chi connectivity index (χ0) is 13.1. The van der Waals surface area contributed by atoms with E-state index in [9.17, 15) is 5.11 Å². The minimum absolute atomic E-state index is 0.163. The highest BCUT2D eigenvalue weighted by atomic mass is 16.3. The fourth-order valence-corrected chi connectivity index (χ4v) is 2.89. The van der Waals surface area contributed by atoms with Crippen molar-refractivity contribution in [2.75, 3.05) is 20.6 Å². The molecule has 1 aliphatic heterocycles. The first-order chi connectivity index (χ1) is 8.61. The van der Waals surface area contributed by atoms with Crippen LogP contribution in [0.5, 0.6) is 0 Å². The van der Waals surface area contributed by atoms with E-state index < -0.39 is 0 Å². The van der Waals surface area contributed by atoms with Crippen LogP contribution in [-0.2, 0) is 6.54 Å². The fraction of sp³-hybridized carbons (Fsp3) is 0.600. The van der Waals surface area contributed by atoms with Crippen LogP contribution in [0.2, 0.25) is 0 Å². The molecule has 1 aromatic rings. The van der Waals surface area contributed by atoms with Gasteiger partial charge in [-0.05, 0) is 45.0 Å². The van der Waals surface area contributed by atoms with Gasteiger partial charge in [-0.25, -0.2) is 0 Å². The van der Waals surface area contributed by atoms with Gasteiger partial charge in [0.05, 0.1) is 6.10 Å². The molecule has 0 radical (unpaired) electrons. The number of likely N-dealkylation sites (N-methyl/N-ethyl adjacent to an activating group) is 1. The highest BCUT2D eigenvalue weighted by molar-refractivity contribution is 5.34. The Morgan fingerprint density at radius 1 is 1.39 bits per heavy atom. The van der Waals surface area contributed by atoms with Crippen molar-refractivity contribution in [3.05, 3.63) is 34.9 Å². The van der Waals surface area contributed by atoms with Crippen molar-refractivity contribution >= 4 is 0 Å². The number of nitrogens with zero attached hydrogens (tertiary/aromatic N) is 1. The van der Waals surface area contributed by atoms with Crippen molar-refractivity contribution in [3.63, 3.8) is 0 Å². The molecule has 3 nitrogen and oxygen atoms in total. The zero-order valence-corrected chi connectivity index (χ0v) is 11.6. The molecule has 1 heterocycles. The Morgan fingerprint density at radius 2 is 2.17 bits per heavy atom. The van der Waals surface area contributed by atoms with Gasteiger partial charge in [-0.1, -0.05) is 23.8 Å². The third kappa shape index (κ3) is 2.91. The van der Waals surface area contributed by atoms with Crippen LogP contribution >= 0.6 is 0 Å². The number of aliphatic hydroxyl groups excluding tert-OH is 1. The van der Waals surface area contributed by atoms with Crippen molar-refractivity contribution in [1.82, 2.24) is 10.2 Å². The van der Waals surface area contributed by atoms with Crippen LogP contribution in [0.3, 0.4) is 0 Å². The predicted octanol–water partition coefficient (Wildman–Crippen LogP) is 1.84. The van der Waals surface area contributed by atoms with Crippen molar-refractivity contribution in [2.45, 2.75) is 38.5 Å². The molecule has 0 aromatic heterocycles. The molecule has 3 heteroatoms. The molecule has 1 saturated heterocycles. The third-order valence-electron chi connectivity index (χ3n) is 3.83. The molecular formula is C15H24N2O. The fourth-order valence-electron chi connectivity index (χ4n) is 2.89. The van der Waals surface area contributed by atoms with Crippen molar-refractivity contribution in [3.8, 4) is 0 Å². The number of benzene rings is 1. The summed E-state index contributed by atoms with van der Waals surface area (Å²) in [4.78, 5) is 2.28. The van der Waals surface area contributed by atoms with E-state index in [0.29, 0.717) is 6.04 Å². The first kappa shape index (κ1) is 13.5. The standard InChI is InChI=1S/C15H24N2O/c1-11-4-5-12(9-16-2)14(8-11)15-7-6-13(18)10-17(15)3/h4-5,8,13,15-16,18H,6-7,9-10H2,1-3H3. The lowest BCUT2D eigenvalue weighted by Crippen LogP contribution is -2.38. The zero-order valence-electron chi connectivity index (χ0n) is 11.6. The molecule has 1 aliphatic rings. The molecular weight excluding hydrogens is 224 g/mol. The second kappa shape index (κ2) is 5.83. The number of β-amino-alcohol motifs (C(OH)–C–C–N with tert-alkyl or cyclic N) is 1. The highest BCUT2D eigenvalue weighted by Gasteiger charge is 2.26. The normalized spacial score (nSPS) is 25.3. The topological polar surface area (TPSA) is 35.5 Å². The highest BCUT2D eigenvalue weighted by Crippen LogP contribution is 2.32. The van der Waals surface area contributed by atoms with E-state index in [1.807, 2.05) is 7.05 Å². The second-order valence-corrected chi connectivity index (χ2v) is 5.42. The number of rotatable bonds is 3. The van der Waals surface area contributed by atoms with E-state index in [0.717, 1.165) is 25.9 Å². The van der Waals surface area contributed by atoms with Gasteiger partial charge in [0.25, 0.3) is 0 Å². The van der Waals surface area contributed by atoms with Gasteiger partial charge in [-0.3, -0.25) is 4.90 Å². The number of likely N-dealkylation sites (tertiary alicyclic amines) is 1. The van der Waals surface area contributed by atoms with Gasteiger partial charge < -0.3 is 10.4 Å². The van der Waals surface area contributed by atoms with Gasteiger partial charge in [0.15, 0.2) is 0 Å². The maximum absolute atomic E-state index is 9.72. The van der Waals surface area contributed by atoms with Crippen LogP contribution in [0.15, 0.2) is 18.2 Å². The summed E-state index contributed by atoms with van der Waals surface area (Å²) in [6.07, 6.45) is 1.78. The van der Waals surface area contributed by atoms with Gasteiger partial charge in [0, 0.05) is 19.1 Å². The van der Waals surface area contributed by atoms with Gasteiger partial charge >= 0.3 is 0 Å². The SMILES string of the molecule is CNCc1ccc(C)cc1C1CCC(O)CN1C. The monoisotopic (exact) mass is 248 g/mol. The molecule has 18 heavy (non-hydrogen) atoms. The van der Waals surface area contributed by atoms with Crippen LogP contribution in [0.25, 0.3) is 0 Å². The minimum Gasteiger partial charge on any atom is -0.392 e. The lowest BCUT2D eigenvalue weighted by Gasteiger charge is -2.36. The van der Waals surface area contributed by atoms with Crippen molar-refractivity contribution in [2.24, 2.45) is 0 Å². The molecule has 0 aliphatic carbocycles. The maximum Gasteiger partial charge on any atom is 0.0667 e. The lowest BCUT2D eigenvalue weighted by molar-refractivity contribution is 0.0505. The third-order valence-corrected chi connectivity index (χ3v) is 3.83. The summed E-state index contributed by atoms with van der Waals surface area (Å²) in [5.74, 6) is 0. The molecule has 100 valence electrons. The molecule has 2 N–H and O–H groups in total. The van der Waals surface area contributed by atoms with E-state index in [2.05, 4.69) is 42.4 Å². The summed E-state index contributed by atoms with van der Waals surface area (Å²) in [5.41, 5.74) is 4.10. The first-order valence-electron chi connectivity index (χ1n) is 6.74. The second-order valence-electron chi connectivity index (χ2n) is 5.42. The number of aliphatic hydroxyl groups is 1. The summed E-state index contributed by atoms with van der Waals surface area (Å²) in [5, 5.41) is 13.0. The Balaban J connectivity index is 2.28. The predicted molar refractivity (Wildman–Crippen MR) is 74.6 cm³/mol. The van der Waals surface area contributed by atoms with Gasteiger partial charge in [-0.2, -0.15) is 0 Å². The summed E-state index contributed by atoms with van der Waals surface area (Å²) < 4.78 is 0. The molecule has 1 aromatic carbocycles. The summed E-state index contributed by atoms with van der Waals surface area (Å²) in [6.45, 7) is 3.82. The Labute approximate surface area is 110 Å². The van der Waals surface area contributed by atoms with Gasteiger partial charge in [0.2, 0.25) is 0 Å². The minimum atomic E-state index is -0.163. The van der Waals surface area contributed by atoms with Crippen LogP contribution in [0, 0.1) is 6.92 Å². The number of aryl methyl sites for hydroxylation is 1. The van der Waals surface area contributed by atoms with Gasteiger partial charge in [0.1, 0.15) is 0 Å². The number of piperidine rings is 1. The summed E-state index contributed by atoms with van der Waals surface area (Å²) in [6, 6.07) is 7.14. The van der Waals surface area contributed by atoms with Crippen molar-refractivity contribution < 1.29 is 5.11 Å². The van der Waals surface area contributed by atoms with Gasteiger partial charge in [-0.15, -0.1) is 0 Å². The van der Waals surface area contributed by atoms with E-state index in [-0.39, 0.29) is 6.10 Å². The molecule has 1 fully saturated rings. The number of nitrogens with one attached hydrogen (secondary N) is 1. The summed E-state index contributed by atoms with van der Waals surface area (Å²) in [7, 11) is 4.09. The molecule has 2 atom stereocenters. The Hall–Kier alpha value is -0.900. The average molecular weight is 248 g/mol. The molecule has 2 unspecified atom stereocenters. The van der Waals surface area contributed by atoms with Crippen LogP contribution in [-0.4, -0.2) is 36.8 Å². The summed E-state index contributed by atoms with van der Waals surface area (Å²) >= 11 is 0. The van der Waals surface area contributed by atoms with Crippen LogP contribution in [0.1, 0.15) is 35.6 Å². The Bertz CT molecular complexity index is 405. The quantitative estimate of drug-likeness (QED) is 0.857. The van der Waals surface area contributed by atoms with E-state index >= 15 is 0 Å². The largest absolute Gasteiger partial charge is 0.392 e. The van der Waals surface area contributed by atoms with Crippen LogP contribution in [0.4, 0.5) is 0 Å². The molecule has 2 rings (SSSR count). The van der Waals surface area contributed by atoms with E-state index in [1.54, 1.807) is 0 Å². The van der Waals surface area contributed by atoms with E-state index in [1.165, 1.54) is 16.7 Å². The Kier molecular flexibility index (Phi) is 4.38. The average Bonchev–Trinajstić information content (AvgIpc) is 2.32. The maximum atomic E-state index is 9.72. The molecule has 0 saturated carbocycles. The molecule has 0 amide bonds.